The third-order valence-electron chi connectivity index (χ3n) is 5.39. The molecule has 0 saturated carbocycles. The van der Waals surface area contributed by atoms with Crippen LogP contribution in [0.1, 0.15) is 47.2 Å². The minimum absolute atomic E-state index is 0.0799. The van der Waals surface area contributed by atoms with Gasteiger partial charge in [0.1, 0.15) is 18.6 Å². The summed E-state index contributed by atoms with van der Waals surface area (Å²) in [5.74, 6) is 1.46. The maximum absolute atomic E-state index is 13.2. The molecule has 0 aliphatic heterocycles. The van der Waals surface area contributed by atoms with Gasteiger partial charge >= 0.3 is 0 Å². The van der Waals surface area contributed by atoms with Crippen molar-refractivity contribution < 1.29 is 13.9 Å². The number of hydrogen-bond acceptors (Lipinski definition) is 4. The number of aromatic nitrogens is 1. The van der Waals surface area contributed by atoms with Crippen LogP contribution in [0.3, 0.4) is 0 Å². The Balaban J connectivity index is 1.49. The van der Waals surface area contributed by atoms with Crippen molar-refractivity contribution >= 4 is 5.78 Å². The Labute approximate surface area is 182 Å². The molecule has 0 N–H and O–H groups in total. The lowest BCUT2D eigenvalue weighted by Crippen LogP contribution is -2.09. The van der Waals surface area contributed by atoms with E-state index in [4.69, 9.17) is 9.15 Å². The Kier molecular flexibility index (Phi) is 6.58. The first-order valence-corrected chi connectivity index (χ1v) is 10.5. The van der Waals surface area contributed by atoms with Crippen molar-refractivity contribution in [3.8, 4) is 17.2 Å². The van der Waals surface area contributed by atoms with Gasteiger partial charge in [-0.05, 0) is 41.7 Å². The van der Waals surface area contributed by atoms with Gasteiger partial charge in [-0.1, -0.05) is 67.6 Å². The van der Waals surface area contributed by atoms with E-state index in [1.165, 1.54) is 6.26 Å². The quantitative estimate of drug-likeness (QED) is 0.288. The van der Waals surface area contributed by atoms with Crippen LogP contribution in [0.25, 0.3) is 11.5 Å². The lowest BCUT2D eigenvalue weighted by molar-refractivity contribution is 0.0973. The number of Topliss-reactive ketones (excluding diaryl/α,β-unsaturated/α-hetero) is 1. The van der Waals surface area contributed by atoms with Crippen molar-refractivity contribution in [1.29, 1.82) is 0 Å². The molecule has 156 valence electrons. The fourth-order valence-corrected chi connectivity index (χ4v) is 3.70. The summed E-state index contributed by atoms with van der Waals surface area (Å²) in [6.07, 6.45) is 4.38. The summed E-state index contributed by atoms with van der Waals surface area (Å²) in [4.78, 5) is 17.4. The first-order valence-electron chi connectivity index (χ1n) is 10.5. The van der Waals surface area contributed by atoms with Gasteiger partial charge in [0, 0.05) is 17.5 Å². The van der Waals surface area contributed by atoms with Gasteiger partial charge in [-0.2, -0.15) is 0 Å². The molecule has 0 unspecified atom stereocenters. The summed E-state index contributed by atoms with van der Waals surface area (Å²) in [7, 11) is 0. The molecular formula is C27H25NO3. The highest BCUT2D eigenvalue weighted by Crippen LogP contribution is 2.30. The van der Waals surface area contributed by atoms with Crippen molar-refractivity contribution in [3.63, 3.8) is 0 Å². The molecule has 1 aromatic heterocycles. The van der Waals surface area contributed by atoms with Gasteiger partial charge in [-0.3, -0.25) is 4.79 Å². The number of ether oxygens (including phenoxy) is 1. The van der Waals surface area contributed by atoms with Crippen LogP contribution in [-0.4, -0.2) is 10.8 Å². The van der Waals surface area contributed by atoms with Crippen molar-refractivity contribution in [2.45, 2.75) is 32.3 Å². The van der Waals surface area contributed by atoms with Crippen molar-refractivity contribution in [2.75, 3.05) is 0 Å². The lowest BCUT2D eigenvalue weighted by Gasteiger charge is -2.17. The molecular weight excluding hydrogens is 386 g/mol. The molecule has 4 nitrogen and oxygen atoms in total. The van der Waals surface area contributed by atoms with E-state index in [-0.39, 0.29) is 11.7 Å². The Morgan fingerprint density at radius 2 is 1.81 bits per heavy atom. The standard InChI is InChI=1S/C27H25NO3/c1-2-21(18-26(29)24-13-6-7-14-25(24)27-28-15-16-30-27)22-11-8-12-23(17-22)31-19-20-9-4-3-5-10-20/h3-17,21H,2,18-19H2,1H3/t21-/m1/s1. The zero-order valence-corrected chi connectivity index (χ0v) is 17.5. The van der Waals surface area contributed by atoms with Crippen molar-refractivity contribution in [3.05, 3.63) is 108 Å². The second-order valence-corrected chi connectivity index (χ2v) is 7.46. The third kappa shape index (κ3) is 5.10. The number of nitrogens with zero attached hydrogens (tertiary/aromatic N) is 1. The van der Waals surface area contributed by atoms with Crippen LogP contribution in [0, 0.1) is 0 Å². The number of carbonyl (C=O) groups is 1. The molecule has 4 rings (SSSR count). The van der Waals surface area contributed by atoms with Crippen LogP contribution < -0.4 is 4.74 Å². The lowest BCUT2D eigenvalue weighted by atomic mass is 9.88. The summed E-state index contributed by atoms with van der Waals surface area (Å²) < 4.78 is 11.4. The number of hydrogen-bond donors (Lipinski definition) is 0. The molecule has 0 bridgehead atoms. The largest absolute Gasteiger partial charge is 0.489 e. The average Bonchev–Trinajstić information content (AvgIpc) is 3.37. The second kappa shape index (κ2) is 9.90. The van der Waals surface area contributed by atoms with Crippen LogP contribution >= 0.6 is 0 Å². The normalized spacial score (nSPS) is 11.8. The smallest absolute Gasteiger partial charge is 0.226 e. The SMILES string of the molecule is CC[C@H](CC(=O)c1ccccc1-c1ncco1)c1cccc(OCc2ccccc2)c1. The van der Waals surface area contributed by atoms with E-state index in [9.17, 15) is 4.79 Å². The Bertz CT molecular complexity index is 1120. The summed E-state index contributed by atoms with van der Waals surface area (Å²) >= 11 is 0. The van der Waals surface area contributed by atoms with Crippen LogP contribution in [0.15, 0.2) is 95.7 Å². The maximum atomic E-state index is 13.2. The fourth-order valence-electron chi connectivity index (χ4n) is 3.70. The Morgan fingerprint density at radius 1 is 1.00 bits per heavy atom. The maximum Gasteiger partial charge on any atom is 0.226 e. The van der Waals surface area contributed by atoms with E-state index >= 15 is 0 Å². The predicted octanol–water partition coefficient (Wildman–Crippen LogP) is 6.69. The third-order valence-corrected chi connectivity index (χ3v) is 5.39. The minimum atomic E-state index is 0.0799. The highest BCUT2D eigenvalue weighted by molar-refractivity contribution is 6.01. The monoisotopic (exact) mass is 411 g/mol. The first kappa shape index (κ1) is 20.6. The highest BCUT2D eigenvalue weighted by Gasteiger charge is 2.20. The molecule has 0 spiro atoms. The van der Waals surface area contributed by atoms with E-state index in [0.29, 0.717) is 24.5 Å². The van der Waals surface area contributed by atoms with Crippen LogP contribution in [-0.2, 0) is 6.61 Å². The van der Waals surface area contributed by atoms with Crippen LogP contribution in [0.4, 0.5) is 0 Å². The van der Waals surface area contributed by atoms with Gasteiger partial charge in [0.15, 0.2) is 5.78 Å². The molecule has 0 aliphatic carbocycles. The van der Waals surface area contributed by atoms with E-state index < -0.39 is 0 Å². The van der Waals surface area contributed by atoms with Gasteiger partial charge in [-0.25, -0.2) is 4.98 Å². The summed E-state index contributed by atoms with van der Waals surface area (Å²) in [6.45, 7) is 2.62. The van der Waals surface area contributed by atoms with E-state index in [0.717, 1.165) is 28.9 Å². The van der Waals surface area contributed by atoms with Crippen LogP contribution in [0.2, 0.25) is 0 Å². The van der Waals surface area contributed by atoms with Crippen LogP contribution in [0.5, 0.6) is 5.75 Å². The molecule has 0 radical (unpaired) electrons. The first-order chi connectivity index (χ1) is 15.2. The molecule has 31 heavy (non-hydrogen) atoms. The Hall–Kier alpha value is -3.66. The molecule has 4 aromatic rings. The molecule has 0 fully saturated rings. The fraction of sp³-hybridized carbons (Fsp3) is 0.185. The summed E-state index contributed by atoms with van der Waals surface area (Å²) in [5.41, 5.74) is 3.60. The van der Waals surface area contributed by atoms with E-state index in [1.807, 2.05) is 72.8 Å². The summed E-state index contributed by atoms with van der Waals surface area (Å²) in [6, 6.07) is 25.6. The van der Waals surface area contributed by atoms with Gasteiger partial charge in [0.25, 0.3) is 0 Å². The Morgan fingerprint density at radius 3 is 2.58 bits per heavy atom. The minimum Gasteiger partial charge on any atom is -0.489 e. The highest BCUT2D eigenvalue weighted by atomic mass is 16.5. The predicted molar refractivity (Wildman–Crippen MR) is 121 cm³/mol. The zero-order valence-electron chi connectivity index (χ0n) is 17.5. The molecule has 1 atom stereocenters. The van der Waals surface area contributed by atoms with Crippen molar-refractivity contribution in [1.82, 2.24) is 4.98 Å². The van der Waals surface area contributed by atoms with E-state index in [1.54, 1.807) is 6.20 Å². The molecule has 0 saturated heterocycles. The number of carbonyl (C=O) groups excluding carboxylic acids is 1. The molecule has 0 amide bonds. The van der Waals surface area contributed by atoms with Gasteiger partial charge in [0.05, 0.1) is 6.20 Å². The average molecular weight is 412 g/mol. The summed E-state index contributed by atoms with van der Waals surface area (Å²) in [5, 5.41) is 0. The number of rotatable bonds is 9. The molecule has 1 heterocycles. The van der Waals surface area contributed by atoms with Crippen molar-refractivity contribution in [2.24, 2.45) is 0 Å². The van der Waals surface area contributed by atoms with Gasteiger partial charge < -0.3 is 9.15 Å². The zero-order chi connectivity index (χ0) is 21.5. The molecule has 0 aliphatic rings. The van der Waals surface area contributed by atoms with E-state index in [2.05, 4.69) is 18.0 Å². The van der Waals surface area contributed by atoms with Gasteiger partial charge in [0.2, 0.25) is 5.89 Å². The number of benzene rings is 3. The number of oxazole rings is 1. The molecule has 4 heteroatoms. The number of ketones is 1. The second-order valence-electron chi connectivity index (χ2n) is 7.46. The molecule has 3 aromatic carbocycles. The van der Waals surface area contributed by atoms with Gasteiger partial charge in [-0.15, -0.1) is 0 Å². The topological polar surface area (TPSA) is 52.3 Å².